The summed E-state index contributed by atoms with van der Waals surface area (Å²) in [5.41, 5.74) is 9.31. The number of nitrogens with zero attached hydrogens (tertiary/aromatic N) is 1. The van der Waals surface area contributed by atoms with E-state index in [1.807, 2.05) is 0 Å². The van der Waals surface area contributed by atoms with Crippen LogP contribution in [0.1, 0.15) is 60.4 Å². The zero-order valence-electron chi connectivity index (χ0n) is 20.9. The van der Waals surface area contributed by atoms with Gasteiger partial charge in [-0.1, -0.05) is 55.0 Å². The Morgan fingerprint density at radius 1 is 0.912 bits per heavy atom. The highest BCUT2D eigenvalue weighted by molar-refractivity contribution is 5.68. The van der Waals surface area contributed by atoms with E-state index in [4.69, 9.17) is 9.47 Å². The SMILES string of the molecule is COc1cc(OCc2cccc(-c3ccccc3)c2C)c2c(c1CN1CCCC[C@H]1C)CCC2. The van der Waals surface area contributed by atoms with Gasteiger partial charge in [-0.25, -0.2) is 0 Å². The van der Waals surface area contributed by atoms with E-state index in [9.17, 15) is 0 Å². The molecule has 0 saturated carbocycles. The first-order valence-corrected chi connectivity index (χ1v) is 12.9. The quantitative estimate of drug-likeness (QED) is 0.379. The van der Waals surface area contributed by atoms with Crippen LogP contribution in [0.3, 0.4) is 0 Å². The summed E-state index contributed by atoms with van der Waals surface area (Å²) >= 11 is 0. The van der Waals surface area contributed by atoms with Crippen LogP contribution in [0.5, 0.6) is 11.5 Å². The number of methoxy groups -OCH3 is 1. The van der Waals surface area contributed by atoms with Crippen LogP contribution >= 0.6 is 0 Å². The lowest BCUT2D eigenvalue weighted by Gasteiger charge is -2.34. The molecule has 0 aromatic heterocycles. The van der Waals surface area contributed by atoms with E-state index in [-0.39, 0.29) is 0 Å². The Bertz CT molecular complexity index is 1140. The Kier molecular flexibility index (Phi) is 6.92. The van der Waals surface area contributed by atoms with Crippen molar-refractivity contribution in [2.75, 3.05) is 13.7 Å². The van der Waals surface area contributed by atoms with Gasteiger partial charge in [0, 0.05) is 24.2 Å². The average Bonchev–Trinajstić information content (AvgIpc) is 3.36. The summed E-state index contributed by atoms with van der Waals surface area (Å²) in [6, 6.07) is 19.9. The monoisotopic (exact) mass is 455 g/mol. The Balaban J connectivity index is 1.41. The Hall–Kier alpha value is -2.78. The van der Waals surface area contributed by atoms with Gasteiger partial charge < -0.3 is 9.47 Å². The molecule has 1 fully saturated rings. The van der Waals surface area contributed by atoms with Crippen LogP contribution in [-0.4, -0.2) is 24.6 Å². The second-order valence-corrected chi connectivity index (χ2v) is 9.93. The van der Waals surface area contributed by atoms with Gasteiger partial charge in [0.25, 0.3) is 0 Å². The minimum atomic E-state index is 0.574. The second-order valence-electron chi connectivity index (χ2n) is 9.93. The molecule has 0 bridgehead atoms. The Morgan fingerprint density at radius 3 is 2.53 bits per heavy atom. The number of benzene rings is 3. The third kappa shape index (κ3) is 4.59. The van der Waals surface area contributed by atoms with Gasteiger partial charge in [-0.05, 0) is 85.9 Å². The third-order valence-corrected chi connectivity index (χ3v) is 7.87. The van der Waals surface area contributed by atoms with E-state index in [0.29, 0.717) is 12.6 Å². The van der Waals surface area contributed by atoms with E-state index in [1.165, 1.54) is 71.2 Å². The summed E-state index contributed by atoms with van der Waals surface area (Å²) in [5, 5.41) is 0. The molecule has 0 spiro atoms. The lowest BCUT2D eigenvalue weighted by molar-refractivity contribution is 0.150. The first kappa shape index (κ1) is 23.0. The molecule has 3 aromatic carbocycles. The fourth-order valence-corrected chi connectivity index (χ4v) is 5.80. The van der Waals surface area contributed by atoms with Crippen molar-refractivity contribution in [2.24, 2.45) is 0 Å². The normalized spacial score (nSPS) is 18.0. The van der Waals surface area contributed by atoms with Crippen LogP contribution in [-0.2, 0) is 26.0 Å². The zero-order valence-corrected chi connectivity index (χ0v) is 20.9. The Morgan fingerprint density at radius 2 is 1.74 bits per heavy atom. The number of fused-ring (bicyclic) bond motifs is 1. The summed E-state index contributed by atoms with van der Waals surface area (Å²) in [7, 11) is 1.80. The predicted octanol–water partition coefficient (Wildman–Crippen LogP) is 7.11. The molecular formula is C31H37NO2. The summed E-state index contributed by atoms with van der Waals surface area (Å²) in [6.07, 6.45) is 7.38. The van der Waals surface area contributed by atoms with Crippen molar-refractivity contribution in [2.45, 2.75) is 71.6 Å². The maximum absolute atomic E-state index is 6.52. The molecule has 0 amide bonds. The predicted molar refractivity (Wildman–Crippen MR) is 140 cm³/mol. The maximum atomic E-state index is 6.52. The molecule has 3 heteroatoms. The maximum Gasteiger partial charge on any atom is 0.127 e. The molecule has 1 atom stereocenters. The number of likely N-dealkylation sites (tertiary alicyclic amines) is 1. The van der Waals surface area contributed by atoms with Crippen LogP contribution < -0.4 is 9.47 Å². The van der Waals surface area contributed by atoms with E-state index < -0.39 is 0 Å². The molecule has 1 heterocycles. The van der Waals surface area contributed by atoms with Crippen molar-refractivity contribution >= 4 is 0 Å². The smallest absolute Gasteiger partial charge is 0.127 e. The topological polar surface area (TPSA) is 21.7 Å². The molecule has 34 heavy (non-hydrogen) atoms. The summed E-state index contributed by atoms with van der Waals surface area (Å²) in [4.78, 5) is 2.64. The molecular weight excluding hydrogens is 418 g/mol. The molecule has 1 aliphatic carbocycles. The van der Waals surface area contributed by atoms with Crippen molar-refractivity contribution in [3.63, 3.8) is 0 Å². The highest BCUT2D eigenvalue weighted by Gasteiger charge is 2.27. The van der Waals surface area contributed by atoms with Crippen molar-refractivity contribution in [3.8, 4) is 22.6 Å². The molecule has 0 N–H and O–H groups in total. The average molecular weight is 456 g/mol. The van der Waals surface area contributed by atoms with Crippen molar-refractivity contribution < 1.29 is 9.47 Å². The van der Waals surface area contributed by atoms with Gasteiger partial charge in [0.05, 0.1) is 7.11 Å². The minimum Gasteiger partial charge on any atom is -0.496 e. The van der Waals surface area contributed by atoms with E-state index in [1.54, 1.807) is 7.11 Å². The van der Waals surface area contributed by atoms with Crippen molar-refractivity contribution in [1.82, 2.24) is 4.90 Å². The van der Waals surface area contributed by atoms with Gasteiger partial charge in [-0.15, -0.1) is 0 Å². The molecule has 1 aliphatic heterocycles. The molecule has 178 valence electrons. The van der Waals surface area contributed by atoms with Crippen LogP contribution in [0.15, 0.2) is 54.6 Å². The number of hydrogen-bond donors (Lipinski definition) is 0. The first-order valence-electron chi connectivity index (χ1n) is 12.9. The van der Waals surface area contributed by atoms with E-state index in [0.717, 1.165) is 30.9 Å². The lowest BCUT2D eigenvalue weighted by Crippen LogP contribution is -2.37. The van der Waals surface area contributed by atoms with Gasteiger partial charge in [0.15, 0.2) is 0 Å². The number of rotatable bonds is 7. The van der Waals surface area contributed by atoms with Gasteiger partial charge >= 0.3 is 0 Å². The van der Waals surface area contributed by atoms with Crippen molar-refractivity contribution in [3.05, 3.63) is 82.4 Å². The zero-order chi connectivity index (χ0) is 23.5. The number of ether oxygens (including phenoxy) is 2. The molecule has 0 unspecified atom stereocenters. The van der Waals surface area contributed by atoms with Crippen LogP contribution in [0.2, 0.25) is 0 Å². The summed E-state index contributed by atoms with van der Waals surface area (Å²) in [6.45, 7) is 7.33. The van der Waals surface area contributed by atoms with Gasteiger partial charge in [0.2, 0.25) is 0 Å². The molecule has 3 aromatic rings. The second kappa shape index (κ2) is 10.2. The third-order valence-electron chi connectivity index (χ3n) is 7.87. The molecule has 3 nitrogen and oxygen atoms in total. The lowest BCUT2D eigenvalue weighted by atomic mass is 9.96. The van der Waals surface area contributed by atoms with Crippen molar-refractivity contribution in [1.29, 1.82) is 0 Å². The Labute approximate surface area is 204 Å². The van der Waals surface area contributed by atoms with E-state index in [2.05, 4.69) is 73.3 Å². The fraction of sp³-hybridized carbons (Fsp3) is 0.419. The van der Waals surface area contributed by atoms with Crippen LogP contribution in [0.4, 0.5) is 0 Å². The molecule has 1 saturated heterocycles. The molecule has 5 rings (SSSR count). The highest BCUT2D eigenvalue weighted by Crippen LogP contribution is 2.41. The van der Waals surface area contributed by atoms with Crippen LogP contribution in [0.25, 0.3) is 11.1 Å². The highest BCUT2D eigenvalue weighted by atomic mass is 16.5. The largest absolute Gasteiger partial charge is 0.496 e. The standard InChI is InChI=1S/C31H37NO2/c1-22-11-7-8-18-32(22)20-29-27-16-10-17-28(27)31(19-30(29)33-3)34-21-25-14-9-15-26(23(25)2)24-12-5-4-6-13-24/h4-6,9,12-15,19,22H,7-8,10-11,16-18,20-21H2,1-3H3/t22-/m1/s1. The minimum absolute atomic E-state index is 0.574. The van der Waals surface area contributed by atoms with Crippen LogP contribution in [0, 0.1) is 6.92 Å². The summed E-state index contributed by atoms with van der Waals surface area (Å²) in [5.74, 6) is 1.99. The molecule has 2 aliphatic rings. The van der Waals surface area contributed by atoms with Gasteiger partial charge in [0.1, 0.15) is 18.1 Å². The molecule has 0 radical (unpaired) electrons. The fourth-order valence-electron chi connectivity index (χ4n) is 5.80. The number of hydrogen-bond acceptors (Lipinski definition) is 3. The summed E-state index contributed by atoms with van der Waals surface area (Å²) < 4.78 is 12.5. The van der Waals surface area contributed by atoms with Gasteiger partial charge in [-0.2, -0.15) is 0 Å². The van der Waals surface area contributed by atoms with E-state index >= 15 is 0 Å². The number of piperidine rings is 1. The first-order chi connectivity index (χ1) is 16.7. The van der Waals surface area contributed by atoms with Gasteiger partial charge in [-0.3, -0.25) is 4.90 Å².